The Morgan fingerprint density at radius 3 is 2.44 bits per heavy atom. The third-order valence-corrected chi connectivity index (χ3v) is 6.19. The van der Waals surface area contributed by atoms with Gasteiger partial charge in [0.25, 0.3) is 5.91 Å². The van der Waals surface area contributed by atoms with Crippen LogP contribution in [0.3, 0.4) is 0 Å². The number of hydrogen-bond donors (Lipinski definition) is 1. The number of benzene rings is 2. The van der Waals surface area contributed by atoms with E-state index in [-0.39, 0.29) is 41.2 Å². The Bertz CT molecular complexity index is 1240. The van der Waals surface area contributed by atoms with Crippen molar-refractivity contribution < 1.29 is 32.4 Å². The standard InChI is InChI=1S/C26H26F3N3O4/c1-15(2)24-12-23(31-36-24)26(33)32-7-5-16(6-8-32)14-35-25-21(28)10-18(11-22(25)29)19-4-3-17(13-30-34)9-20(19)27/h3-4,9-13,15-16,34H,5-8,14H2,1-2H3/b30-13+. The van der Waals surface area contributed by atoms with Gasteiger partial charge in [0.05, 0.1) is 12.8 Å². The first-order chi connectivity index (χ1) is 17.3. The smallest absolute Gasteiger partial charge is 0.276 e. The molecule has 3 aromatic rings. The predicted octanol–water partition coefficient (Wildman–Crippen LogP) is 5.62. The largest absolute Gasteiger partial charge is 0.487 e. The molecule has 4 rings (SSSR count). The van der Waals surface area contributed by atoms with Crippen LogP contribution in [-0.4, -0.2) is 47.1 Å². The third-order valence-electron chi connectivity index (χ3n) is 6.19. The lowest BCUT2D eigenvalue weighted by atomic mass is 9.97. The molecule has 7 nitrogen and oxygen atoms in total. The van der Waals surface area contributed by atoms with Gasteiger partial charge >= 0.3 is 0 Å². The minimum Gasteiger partial charge on any atom is -0.487 e. The maximum atomic E-state index is 14.7. The number of ether oxygens (including phenoxy) is 1. The molecule has 1 N–H and O–H groups in total. The molecule has 10 heteroatoms. The third kappa shape index (κ3) is 5.53. The van der Waals surface area contributed by atoms with Crippen LogP contribution in [-0.2, 0) is 0 Å². The van der Waals surface area contributed by atoms with Gasteiger partial charge in [0.2, 0.25) is 0 Å². The number of piperidine rings is 1. The first-order valence-electron chi connectivity index (χ1n) is 11.6. The van der Waals surface area contributed by atoms with E-state index in [9.17, 15) is 18.0 Å². The van der Waals surface area contributed by atoms with Crippen LogP contribution in [0.25, 0.3) is 11.1 Å². The number of aromatic nitrogens is 1. The summed E-state index contributed by atoms with van der Waals surface area (Å²) in [5, 5.41) is 15.2. The highest BCUT2D eigenvalue weighted by Gasteiger charge is 2.27. The van der Waals surface area contributed by atoms with E-state index in [0.29, 0.717) is 37.3 Å². The van der Waals surface area contributed by atoms with Gasteiger partial charge in [0.15, 0.2) is 23.1 Å². The fourth-order valence-electron chi connectivity index (χ4n) is 4.09. The first-order valence-corrected chi connectivity index (χ1v) is 11.6. The number of carbonyl (C=O) groups is 1. The summed E-state index contributed by atoms with van der Waals surface area (Å²) in [4.78, 5) is 14.3. The highest BCUT2D eigenvalue weighted by Crippen LogP contribution is 2.32. The molecule has 0 saturated carbocycles. The van der Waals surface area contributed by atoms with Crippen LogP contribution >= 0.6 is 0 Å². The molecule has 1 aromatic heterocycles. The van der Waals surface area contributed by atoms with Crippen molar-refractivity contribution in [2.75, 3.05) is 19.7 Å². The first kappa shape index (κ1) is 25.3. The van der Waals surface area contributed by atoms with Crippen molar-refractivity contribution in [1.29, 1.82) is 0 Å². The number of amides is 1. The summed E-state index contributed by atoms with van der Waals surface area (Å²) in [5.41, 5.74) is 0.584. The van der Waals surface area contributed by atoms with E-state index >= 15 is 0 Å². The lowest BCUT2D eigenvalue weighted by Crippen LogP contribution is -2.39. The second-order valence-corrected chi connectivity index (χ2v) is 9.07. The molecule has 0 spiro atoms. The molecular weight excluding hydrogens is 475 g/mol. The minimum absolute atomic E-state index is 0.000828. The van der Waals surface area contributed by atoms with Crippen molar-refractivity contribution in [2.24, 2.45) is 11.1 Å². The number of likely N-dealkylation sites (tertiary alicyclic amines) is 1. The summed E-state index contributed by atoms with van der Waals surface area (Å²) >= 11 is 0. The summed E-state index contributed by atoms with van der Waals surface area (Å²) in [5.74, 6) is -2.54. The SMILES string of the molecule is CC(C)c1cc(C(=O)N2CCC(COc3c(F)cc(-c4ccc(/C=N/O)cc4F)cc3F)CC2)no1. The molecule has 190 valence electrons. The molecule has 0 radical (unpaired) electrons. The van der Waals surface area contributed by atoms with Gasteiger partial charge in [-0.2, -0.15) is 0 Å². The van der Waals surface area contributed by atoms with E-state index in [1.165, 1.54) is 12.1 Å². The van der Waals surface area contributed by atoms with Crippen LogP contribution in [0.2, 0.25) is 0 Å². The number of oxime groups is 1. The van der Waals surface area contributed by atoms with Crippen LogP contribution in [0.1, 0.15) is 54.4 Å². The fraction of sp³-hybridized carbons (Fsp3) is 0.346. The minimum atomic E-state index is -0.940. The number of halogens is 3. The van der Waals surface area contributed by atoms with Crippen molar-refractivity contribution in [3.63, 3.8) is 0 Å². The van der Waals surface area contributed by atoms with Crippen molar-refractivity contribution in [1.82, 2.24) is 10.1 Å². The summed E-state index contributed by atoms with van der Waals surface area (Å²) in [6.07, 6.45) is 2.26. The van der Waals surface area contributed by atoms with Gasteiger partial charge < -0.3 is 19.4 Å². The molecule has 1 fully saturated rings. The number of nitrogens with zero attached hydrogens (tertiary/aromatic N) is 3. The van der Waals surface area contributed by atoms with Crippen molar-refractivity contribution >= 4 is 12.1 Å². The van der Waals surface area contributed by atoms with E-state index in [2.05, 4.69) is 10.3 Å². The Balaban J connectivity index is 1.35. The average molecular weight is 502 g/mol. The van der Waals surface area contributed by atoms with Crippen molar-refractivity contribution in [3.05, 3.63) is 70.9 Å². The highest BCUT2D eigenvalue weighted by molar-refractivity contribution is 5.92. The Hall–Kier alpha value is -3.82. The zero-order valence-electron chi connectivity index (χ0n) is 19.9. The molecule has 1 amide bonds. The normalized spacial score (nSPS) is 14.7. The van der Waals surface area contributed by atoms with E-state index in [0.717, 1.165) is 24.4 Å². The second-order valence-electron chi connectivity index (χ2n) is 9.07. The van der Waals surface area contributed by atoms with Crippen LogP contribution in [0.15, 0.2) is 46.1 Å². The van der Waals surface area contributed by atoms with Gasteiger partial charge in [-0.3, -0.25) is 4.79 Å². The quantitative estimate of drug-likeness (QED) is 0.258. The zero-order valence-corrected chi connectivity index (χ0v) is 19.9. The summed E-state index contributed by atoms with van der Waals surface area (Å²) < 4.78 is 54.4. The molecule has 0 bridgehead atoms. The van der Waals surface area contributed by atoms with E-state index < -0.39 is 23.2 Å². The molecule has 2 heterocycles. The molecule has 2 aromatic carbocycles. The fourth-order valence-corrected chi connectivity index (χ4v) is 4.09. The lowest BCUT2D eigenvalue weighted by molar-refractivity contribution is 0.0648. The molecule has 0 unspecified atom stereocenters. The number of hydrogen-bond acceptors (Lipinski definition) is 6. The monoisotopic (exact) mass is 501 g/mol. The van der Waals surface area contributed by atoms with Crippen LogP contribution in [0, 0.1) is 23.4 Å². The maximum Gasteiger partial charge on any atom is 0.276 e. The second kappa shape index (κ2) is 10.8. The van der Waals surface area contributed by atoms with E-state index in [4.69, 9.17) is 14.5 Å². The molecular formula is C26H26F3N3O4. The summed E-state index contributed by atoms with van der Waals surface area (Å²) in [7, 11) is 0. The van der Waals surface area contributed by atoms with E-state index in [1.807, 2.05) is 13.8 Å². The van der Waals surface area contributed by atoms with Crippen molar-refractivity contribution in [2.45, 2.75) is 32.6 Å². The Kier molecular flexibility index (Phi) is 7.61. The predicted molar refractivity (Wildman–Crippen MR) is 126 cm³/mol. The zero-order chi connectivity index (χ0) is 25.8. The number of rotatable bonds is 7. The van der Waals surface area contributed by atoms with E-state index in [1.54, 1.807) is 11.0 Å². The van der Waals surface area contributed by atoms with Crippen molar-refractivity contribution in [3.8, 4) is 16.9 Å². The molecule has 0 aliphatic carbocycles. The number of carbonyl (C=O) groups excluding carboxylic acids is 1. The van der Waals surface area contributed by atoms with Gasteiger partial charge in [-0.15, -0.1) is 0 Å². The Morgan fingerprint density at radius 1 is 1.17 bits per heavy atom. The highest BCUT2D eigenvalue weighted by atomic mass is 19.1. The molecule has 1 aliphatic heterocycles. The Morgan fingerprint density at radius 2 is 1.86 bits per heavy atom. The molecule has 36 heavy (non-hydrogen) atoms. The van der Waals surface area contributed by atoms with Gasteiger partial charge in [-0.1, -0.05) is 36.3 Å². The summed E-state index contributed by atoms with van der Waals surface area (Å²) in [6.45, 7) is 4.92. The topological polar surface area (TPSA) is 88.2 Å². The van der Waals surface area contributed by atoms with Crippen LogP contribution < -0.4 is 4.74 Å². The van der Waals surface area contributed by atoms with Gasteiger partial charge in [0, 0.05) is 30.6 Å². The van der Waals surface area contributed by atoms with Gasteiger partial charge in [0.1, 0.15) is 11.6 Å². The van der Waals surface area contributed by atoms with Crippen LogP contribution in [0.5, 0.6) is 5.75 Å². The Labute approximate surface area is 206 Å². The molecule has 1 saturated heterocycles. The molecule has 1 aliphatic rings. The summed E-state index contributed by atoms with van der Waals surface area (Å²) in [6, 6.07) is 7.59. The van der Waals surface area contributed by atoms with Crippen LogP contribution in [0.4, 0.5) is 13.2 Å². The maximum absolute atomic E-state index is 14.7. The van der Waals surface area contributed by atoms with Gasteiger partial charge in [-0.25, -0.2) is 13.2 Å². The molecule has 0 atom stereocenters. The van der Waals surface area contributed by atoms with Gasteiger partial charge in [-0.05, 0) is 48.1 Å². The lowest BCUT2D eigenvalue weighted by Gasteiger charge is -2.31. The average Bonchev–Trinajstić information content (AvgIpc) is 3.34.